The molecule has 98 valence electrons. The van der Waals surface area contributed by atoms with E-state index in [-0.39, 0.29) is 6.03 Å². The summed E-state index contributed by atoms with van der Waals surface area (Å²) in [4.78, 5) is 24.2. The van der Waals surface area contributed by atoms with Crippen LogP contribution in [0.4, 0.5) is 9.80 Å². The lowest BCUT2D eigenvalue weighted by Crippen LogP contribution is -2.28. The number of pyridine rings is 1. The summed E-state index contributed by atoms with van der Waals surface area (Å²) in [6, 6.07) is 3.91. The van der Waals surface area contributed by atoms with Crippen molar-refractivity contribution in [2.75, 3.05) is 25.0 Å². The molecule has 0 bridgehead atoms. The van der Waals surface area contributed by atoms with Gasteiger partial charge in [0.25, 0.3) is 0 Å². The molecule has 3 rings (SSSR count). The molecule has 3 heterocycles. The summed E-state index contributed by atoms with van der Waals surface area (Å²) in [5.74, 6) is 0. The molecule has 5 nitrogen and oxygen atoms in total. The standard InChI is InChI=1S/C13H14N4OS/c1-9-12(17-7-6-16(2)13(17)18)19-11(15-9)10-4-3-5-14-8-10/h3-5,8H,6-7H2,1-2H3. The van der Waals surface area contributed by atoms with Crippen LogP contribution in [-0.2, 0) is 0 Å². The first-order chi connectivity index (χ1) is 9.16. The van der Waals surface area contributed by atoms with Crippen molar-refractivity contribution >= 4 is 22.4 Å². The lowest BCUT2D eigenvalue weighted by atomic mass is 10.3. The highest BCUT2D eigenvalue weighted by Crippen LogP contribution is 2.35. The lowest BCUT2D eigenvalue weighted by molar-refractivity contribution is 0.229. The van der Waals surface area contributed by atoms with E-state index >= 15 is 0 Å². The number of hydrogen-bond donors (Lipinski definition) is 0. The second-order valence-electron chi connectivity index (χ2n) is 4.51. The molecule has 2 aromatic rings. The second kappa shape index (κ2) is 4.62. The Morgan fingerprint density at radius 1 is 1.37 bits per heavy atom. The smallest absolute Gasteiger partial charge is 0.325 e. The Balaban J connectivity index is 1.97. The van der Waals surface area contributed by atoms with Gasteiger partial charge in [-0.2, -0.15) is 0 Å². The summed E-state index contributed by atoms with van der Waals surface area (Å²) in [5, 5.41) is 1.84. The predicted molar refractivity (Wildman–Crippen MR) is 75.5 cm³/mol. The van der Waals surface area contributed by atoms with Gasteiger partial charge in [-0.25, -0.2) is 9.78 Å². The average Bonchev–Trinajstić information content (AvgIpc) is 2.96. The number of aromatic nitrogens is 2. The summed E-state index contributed by atoms with van der Waals surface area (Å²) in [7, 11) is 1.82. The van der Waals surface area contributed by atoms with Crippen LogP contribution >= 0.6 is 11.3 Å². The molecule has 1 aliphatic heterocycles. The average molecular weight is 274 g/mol. The molecule has 19 heavy (non-hydrogen) atoms. The van der Waals surface area contributed by atoms with Gasteiger partial charge < -0.3 is 4.90 Å². The molecule has 0 N–H and O–H groups in total. The first-order valence-electron chi connectivity index (χ1n) is 6.07. The highest BCUT2D eigenvalue weighted by molar-refractivity contribution is 7.19. The van der Waals surface area contributed by atoms with Crippen LogP contribution in [0, 0.1) is 6.92 Å². The van der Waals surface area contributed by atoms with E-state index in [9.17, 15) is 4.79 Å². The van der Waals surface area contributed by atoms with Crippen molar-refractivity contribution in [1.29, 1.82) is 0 Å². The third-order valence-corrected chi connectivity index (χ3v) is 4.37. The number of aryl methyl sites for hydroxylation is 1. The normalized spacial score (nSPS) is 15.4. The first-order valence-corrected chi connectivity index (χ1v) is 6.89. The number of urea groups is 1. The quantitative estimate of drug-likeness (QED) is 0.845. The van der Waals surface area contributed by atoms with Gasteiger partial charge in [-0.15, -0.1) is 0 Å². The highest BCUT2D eigenvalue weighted by Gasteiger charge is 2.29. The van der Waals surface area contributed by atoms with Crippen molar-refractivity contribution in [1.82, 2.24) is 14.9 Å². The Kier molecular flexibility index (Phi) is 2.94. The number of anilines is 1. The molecule has 1 fully saturated rings. The van der Waals surface area contributed by atoms with Crippen LogP contribution in [0.5, 0.6) is 0 Å². The van der Waals surface area contributed by atoms with E-state index in [0.717, 1.165) is 34.4 Å². The van der Waals surface area contributed by atoms with E-state index in [1.807, 2.05) is 26.1 Å². The molecule has 1 aliphatic rings. The van der Waals surface area contributed by atoms with Gasteiger partial charge in [-0.05, 0) is 19.1 Å². The third kappa shape index (κ3) is 2.08. The van der Waals surface area contributed by atoms with Gasteiger partial charge in [-0.3, -0.25) is 9.88 Å². The summed E-state index contributed by atoms with van der Waals surface area (Å²) in [6.45, 7) is 3.43. The van der Waals surface area contributed by atoms with Crippen molar-refractivity contribution in [3.05, 3.63) is 30.2 Å². The fourth-order valence-corrected chi connectivity index (χ4v) is 3.16. The number of likely N-dealkylation sites (N-methyl/N-ethyl adjacent to an activating group) is 1. The molecular weight excluding hydrogens is 260 g/mol. The molecule has 0 spiro atoms. The van der Waals surface area contributed by atoms with Gasteiger partial charge in [0.2, 0.25) is 0 Å². The van der Waals surface area contributed by atoms with Gasteiger partial charge in [0.15, 0.2) is 0 Å². The Hall–Kier alpha value is -1.95. The van der Waals surface area contributed by atoms with Gasteiger partial charge in [0, 0.05) is 38.1 Å². The number of thiazole rings is 1. The zero-order chi connectivity index (χ0) is 13.4. The van der Waals surface area contributed by atoms with Crippen molar-refractivity contribution in [3.8, 4) is 10.6 Å². The third-order valence-electron chi connectivity index (χ3n) is 3.14. The molecular formula is C13H14N4OS. The molecule has 0 aliphatic carbocycles. The van der Waals surface area contributed by atoms with Crippen molar-refractivity contribution in [2.24, 2.45) is 0 Å². The number of hydrogen-bond acceptors (Lipinski definition) is 4. The van der Waals surface area contributed by atoms with E-state index in [4.69, 9.17) is 0 Å². The Morgan fingerprint density at radius 2 is 2.21 bits per heavy atom. The molecule has 2 amide bonds. The Bertz CT molecular complexity index is 610. The van der Waals surface area contributed by atoms with Crippen LogP contribution < -0.4 is 4.90 Å². The molecule has 1 saturated heterocycles. The molecule has 0 saturated carbocycles. The molecule has 2 aromatic heterocycles. The van der Waals surface area contributed by atoms with E-state index in [1.165, 1.54) is 0 Å². The van der Waals surface area contributed by atoms with Crippen molar-refractivity contribution < 1.29 is 4.79 Å². The largest absolute Gasteiger partial charge is 0.326 e. The van der Waals surface area contributed by atoms with Gasteiger partial charge in [-0.1, -0.05) is 11.3 Å². The molecule has 0 radical (unpaired) electrons. The number of amides is 2. The topological polar surface area (TPSA) is 49.3 Å². The van der Waals surface area contributed by atoms with Crippen LogP contribution in [0.1, 0.15) is 5.69 Å². The van der Waals surface area contributed by atoms with E-state index < -0.39 is 0 Å². The fraction of sp³-hybridized carbons (Fsp3) is 0.308. The first kappa shape index (κ1) is 12.1. The Morgan fingerprint density at radius 3 is 2.84 bits per heavy atom. The number of carbonyl (C=O) groups is 1. The maximum atomic E-state index is 12.0. The van der Waals surface area contributed by atoms with Crippen LogP contribution in [0.3, 0.4) is 0 Å². The zero-order valence-corrected chi connectivity index (χ0v) is 11.6. The van der Waals surface area contributed by atoms with Crippen LogP contribution in [-0.4, -0.2) is 41.0 Å². The molecule has 6 heteroatoms. The summed E-state index contributed by atoms with van der Waals surface area (Å²) >= 11 is 1.54. The van der Waals surface area contributed by atoms with E-state index in [0.29, 0.717) is 0 Å². The number of rotatable bonds is 2. The minimum absolute atomic E-state index is 0.0458. The number of nitrogens with zero attached hydrogens (tertiary/aromatic N) is 4. The predicted octanol–water partition coefficient (Wildman–Crippen LogP) is 2.39. The fourth-order valence-electron chi connectivity index (χ4n) is 2.09. The van der Waals surface area contributed by atoms with Crippen LogP contribution in [0.15, 0.2) is 24.5 Å². The van der Waals surface area contributed by atoms with Gasteiger partial charge in [0.1, 0.15) is 10.0 Å². The zero-order valence-electron chi connectivity index (χ0n) is 10.8. The summed E-state index contributed by atoms with van der Waals surface area (Å²) in [6.07, 6.45) is 3.53. The lowest BCUT2D eigenvalue weighted by Gasteiger charge is -2.13. The van der Waals surface area contributed by atoms with Gasteiger partial charge >= 0.3 is 6.03 Å². The molecule has 0 aromatic carbocycles. The molecule has 0 unspecified atom stereocenters. The summed E-state index contributed by atoms with van der Waals surface area (Å²) < 4.78 is 0. The van der Waals surface area contributed by atoms with Crippen molar-refractivity contribution in [3.63, 3.8) is 0 Å². The summed E-state index contributed by atoms with van der Waals surface area (Å²) in [5.41, 5.74) is 1.88. The van der Waals surface area contributed by atoms with Gasteiger partial charge in [0.05, 0.1) is 5.69 Å². The Labute approximate surface area is 115 Å². The second-order valence-corrected chi connectivity index (χ2v) is 5.48. The minimum Gasteiger partial charge on any atom is -0.326 e. The molecule has 0 atom stereocenters. The van der Waals surface area contributed by atoms with E-state index in [2.05, 4.69) is 9.97 Å². The van der Waals surface area contributed by atoms with Crippen molar-refractivity contribution in [2.45, 2.75) is 6.92 Å². The van der Waals surface area contributed by atoms with Crippen LogP contribution in [0.2, 0.25) is 0 Å². The monoisotopic (exact) mass is 274 g/mol. The maximum absolute atomic E-state index is 12.0. The SMILES string of the molecule is Cc1nc(-c2cccnc2)sc1N1CCN(C)C1=O. The minimum atomic E-state index is 0.0458. The maximum Gasteiger partial charge on any atom is 0.325 e. The van der Waals surface area contributed by atoms with Crippen LogP contribution in [0.25, 0.3) is 10.6 Å². The van der Waals surface area contributed by atoms with E-state index in [1.54, 1.807) is 33.5 Å². The highest BCUT2D eigenvalue weighted by atomic mass is 32.1. The number of carbonyl (C=O) groups excluding carboxylic acids is 1.